The van der Waals surface area contributed by atoms with Crippen LogP contribution >= 0.6 is 0 Å². The van der Waals surface area contributed by atoms with Crippen molar-refractivity contribution in [1.29, 1.82) is 0 Å². The number of hydrogen-bond donors (Lipinski definition) is 1. The Morgan fingerprint density at radius 3 is 2.53 bits per heavy atom. The zero-order chi connectivity index (χ0) is 13.1. The van der Waals surface area contributed by atoms with E-state index < -0.39 is 19.2 Å². The number of benzene rings is 1. The molecule has 1 aromatic rings. The van der Waals surface area contributed by atoms with E-state index in [-0.39, 0.29) is 17.2 Å². The molecule has 94 valence electrons. The van der Waals surface area contributed by atoms with Crippen molar-refractivity contribution in [3.8, 4) is 5.75 Å². The molecule has 0 radical (unpaired) electrons. The molecule has 0 fully saturated rings. The molecule has 0 saturated heterocycles. The van der Waals surface area contributed by atoms with Gasteiger partial charge in [-0.3, -0.25) is 4.79 Å². The van der Waals surface area contributed by atoms with E-state index in [0.29, 0.717) is 5.56 Å². The largest absolute Gasteiger partial charge is 0.493 e. The number of ketones is 1. The molecule has 1 rings (SSSR count). The van der Waals surface area contributed by atoms with Crippen molar-refractivity contribution in [1.82, 2.24) is 0 Å². The minimum absolute atomic E-state index is 0.196. The van der Waals surface area contributed by atoms with Gasteiger partial charge in [-0.1, -0.05) is 0 Å². The molecule has 17 heavy (non-hydrogen) atoms. The van der Waals surface area contributed by atoms with Crippen molar-refractivity contribution in [3.05, 3.63) is 23.8 Å². The highest BCUT2D eigenvalue weighted by Crippen LogP contribution is 2.23. The molecule has 0 unspecified atom stereocenters. The predicted octanol–water partition coefficient (Wildman–Crippen LogP) is 2.80. The van der Waals surface area contributed by atoms with Crippen molar-refractivity contribution in [2.24, 2.45) is 0 Å². The van der Waals surface area contributed by atoms with E-state index in [1.807, 2.05) is 0 Å². The fraction of sp³-hybridized carbons (Fsp3) is 0.364. The number of anilines is 1. The molecule has 0 amide bonds. The lowest BCUT2D eigenvalue weighted by atomic mass is 10.1. The molecule has 1 aromatic carbocycles. The maximum Gasteiger partial charge on any atom is 0.392 e. The summed E-state index contributed by atoms with van der Waals surface area (Å²) < 4.78 is 40.5. The Hall–Kier alpha value is -1.72. The van der Waals surface area contributed by atoms with E-state index in [9.17, 15) is 18.0 Å². The van der Waals surface area contributed by atoms with E-state index in [4.69, 9.17) is 10.5 Å². The van der Waals surface area contributed by atoms with Crippen LogP contribution in [0.3, 0.4) is 0 Å². The van der Waals surface area contributed by atoms with Gasteiger partial charge in [0.05, 0.1) is 13.0 Å². The van der Waals surface area contributed by atoms with Crippen molar-refractivity contribution >= 4 is 11.5 Å². The van der Waals surface area contributed by atoms with Crippen LogP contribution in [-0.4, -0.2) is 18.6 Å². The highest BCUT2D eigenvalue weighted by atomic mass is 19.4. The van der Waals surface area contributed by atoms with Crippen LogP contribution in [0, 0.1) is 0 Å². The van der Waals surface area contributed by atoms with Crippen molar-refractivity contribution < 1.29 is 22.7 Å². The van der Waals surface area contributed by atoms with Gasteiger partial charge in [-0.15, -0.1) is 0 Å². The molecular formula is C11H12F3NO2. The summed E-state index contributed by atoms with van der Waals surface area (Å²) in [6, 6.07) is 4.19. The molecule has 0 heterocycles. The number of halogens is 3. The van der Waals surface area contributed by atoms with Gasteiger partial charge in [-0.2, -0.15) is 13.2 Å². The van der Waals surface area contributed by atoms with Gasteiger partial charge >= 0.3 is 6.18 Å². The van der Waals surface area contributed by atoms with Gasteiger partial charge in [-0.05, 0) is 19.1 Å². The van der Waals surface area contributed by atoms with Crippen molar-refractivity contribution in [2.45, 2.75) is 19.5 Å². The van der Waals surface area contributed by atoms with Gasteiger partial charge in [0.25, 0.3) is 0 Å². The monoisotopic (exact) mass is 247 g/mol. The average molecular weight is 247 g/mol. The number of carbonyl (C=O) groups excluding carboxylic acids is 1. The fourth-order valence-electron chi connectivity index (χ4n) is 1.24. The third kappa shape index (κ3) is 4.34. The second kappa shape index (κ2) is 5.07. The van der Waals surface area contributed by atoms with Crippen molar-refractivity contribution in [3.63, 3.8) is 0 Å². The lowest BCUT2D eigenvalue weighted by Gasteiger charge is -2.10. The van der Waals surface area contributed by atoms with Crippen LogP contribution in [0.1, 0.15) is 23.7 Å². The topological polar surface area (TPSA) is 52.3 Å². The summed E-state index contributed by atoms with van der Waals surface area (Å²) in [6.45, 7) is 0.887. The number of hydrogen-bond acceptors (Lipinski definition) is 3. The molecular weight excluding hydrogens is 235 g/mol. The summed E-state index contributed by atoms with van der Waals surface area (Å²) in [7, 11) is 0. The molecule has 0 spiro atoms. The number of Topliss-reactive ketones (excluding diaryl/α,β-unsaturated/α-hetero) is 1. The van der Waals surface area contributed by atoms with Crippen LogP contribution in [0.4, 0.5) is 18.9 Å². The Labute approximate surface area is 96.4 Å². The molecule has 6 heteroatoms. The Bertz CT molecular complexity index is 416. The predicted molar refractivity (Wildman–Crippen MR) is 57.0 cm³/mol. The van der Waals surface area contributed by atoms with E-state index in [0.717, 1.165) is 0 Å². The van der Waals surface area contributed by atoms with Gasteiger partial charge in [0, 0.05) is 17.3 Å². The normalized spacial score (nSPS) is 11.3. The zero-order valence-corrected chi connectivity index (χ0v) is 9.17. The van der Waals surface area contributed by atoms with E-state index in [1.165, 1.54) is 25.1 Å². The third-order valence-corrected chi connectivity index (χ3v) is 2.06. The average Bonchev–Trinajstić information content (AvgIpc) is 2.15. The highest BCUT2D eigenvalue weighted by molar-refractivity contribution is 5.99. The number of ether oxygens (including phenoxy) is 1. The summed E-state index contributed by atoms with van der Waals surface area (Å²) in [5, 5.41) is 0. The molecule has 0 bridgehead atoms. The van der Waals surface area contributed by atoms with Crippen molar-refractivity contribution in [2.75, 3.05) is 12.3 Å². The van der Waals surface area contributed by atoms with Crippen LogP contribution in [0.25, 0.3) is 0 Å². The van der Waals surface area contributed by atoms with E-state index in [2.05, 4.69) is 0 Å². The van der Waals surface area contributed by atoms with Gasteiger partial charge in [0.2, 0.25) is 0 Å². The number of nitrogen functional groups attached to an aromatic ring is 1. The standard InChI is InChI=1S/C11H12F3NO2/c1-7(16)9-3-2-8(6-10(9)15)17-5-4-11(12,13)14/h2-3,6H,4-5,15H2,1H3. The van der Waals surface area contributed by atoms with Gasteiger partial charge in [0.15, 0.2) is 5.78 Å². The first kappa shape index (κ1) is 13.3. The minimum Gasteiger partial charge on any atom is -0.493 e. The second-order valence-electron chi connectivity index (χ2n) is 3.52. The Morgan fingerprint density at radius 2 is 2.06 bits per heavy atom. The van der Waals surface area contributed by atoms with Crippen LogP contribution in [-0.2, 0) is 0 Å². The number of rotatable bonds is 4. The highest BCUT2D eigenvalue weighted by Gasteiger charge is 2.26. The fourth-order valence-corrected chi connectivity index (χ4v) is 1.24. The Morgan fingerprint density at radius 1 is 1.41 bits per heavy atom. The smallest absolute Gasteiger partial charge is 0.392 e. The molecule has 2 N–H and O–H groups in total. The van der Waals surface area contributed by atoms with Gasteiger partial charge in [0.1, 0.15) is 5.75 Å². The molecule has 0 aliphatic rings. The first-order chi connectivity index (χ1) is 7.79. The zero-order valence-electron chi connectivity index (χ0n) is 9.17. The van der Waals surface area contributed by atoms with Crippen LogP contribution in [0.15, 0.2) is 18.2 Å². The number of nitrogens with two attached hydrogens (primary N) is 1. The quantitative estimate of drug-likeness (QED) is 0.657. The van der Waals surface area contributed by atoms with E-state index >= 15 is 0 Å². The molecule has 0 aromatic heterocycles. The van der Waals surface area contributed by atoms with Crippen LogP contribution < -0.4 is 10.5 Å². The van der Waals surface area contributed by atoms with E-state index in [1.54, 1.807) is 0 Å². The summed E-state index contributed by atoms with van der Waals surface area (Å²) in [5.41, 5.74) is 6.08. The van der Waals surface area contributed by atoms with Gasteiger partial charge in [-0.25, -0.2) is 0 Å². The Kier molecular flexibility index (Phi) is 3.98. The van der Waals surface area contributed by atoms with Crippen LogP contribution in [0.5, 0.6) is 5.75 Å². The number of carbonyl (C=O) groups is 1. The third-order valence-electron chi connectivity index (χ3n) is 2.06. The summed E-state index contributed by atoms with van der Waals surface area (Å²) in [5.74, 6) is 0.0149. The maximum absolute atomic E-state index is 11.9. The molecule has 0 aliphatic heterocycles. The lowest BCUT2D eigenvalue weighted by molar-refractivity contribution is -0.139. The first-order valence-corrected chi connectivity index (χ1v) is 4.89. The molecule has 3 nitrogen and oxygen atoms in total. The first-order valence-electron chi connectivity index (χ1n) is 4.89. The Balaban J connectivity index is 2.62. The summed E-state index contributed by atoms with van der Waals surface area (Å²) in [4.78, 5) is 11.1. The van der Waals surface area contributed by atoms with Crippen LogP contribution in [0.2, 0.25) is 0 Å². The molecule has 0 saturated carbocycles. The second-order valence-corrected chi connectivity index (χ2v) is 3.52. The minimum atomic E-state index is -4.25. The maximum atomic E-state index is 11.9. The van der Waals surface area contributed by atoms with Gasteiger partial charge < -0.3 is 10.5 Å². The SMILES string of the molecule is CC(=O)c1ccc(OCCC(F)(F)F)cc1N. The lowest BCUT2D eigenvalue weighted by Crippen LogP contribution is -2.13. The summed E-state index contributed by atoms with van der Waals surface area (Å²) in [6.07, 6.45) is -5.27. The summed E-state index contributed by atoms with van der Waals surface area (Å²) >= 11 is 0. The molecule has 0 atom stereocenters. The number of alkyl halides is 3. The molecule has 0 aliphatic carbocycles.